The first kappa shape index (κ1) is 18.9. The van der Waals surface area contributed by atoms with Crippen molar-refractivity contribution in [1.29, 1.82) is 0 Å². The Morgan fingerprint density at radius 1 is 1.23 bits per heavy atom. The predicted octanol–water partition coefficient (Wildman–Crippen LogP) is 2.67. The number of imidazole rings is 1. The maximum absolute atomic E-state index is 12.8. The monoisotopic (exact) mass is 420 g/mol. The normalized spacial score (nSPS) is 15.3. The number of ether oxygens (including phenoxy) is 1. The van der Waals surface area contributed by atoms with Crippen LogP contribution in [0.15, 0.2) is 35.1 Å². The van der Waals surface area contributed by atoms with Gasteiger partial charge in [0.05, 0.1) is 12.7 Å². The van der Waals surface area contributed by atoms with Gasteiger partial charge in [0.2, 0.25) is 0 Å². The molecule has 0 saturated carbocycles. The highest BCUT2D eigenvalue weighted by molar-refractivity contribution is 9.10. The van der Waals surface area contributed by atoms with Crippen LogP contribution in [-0.2, 0) is 13.0 Å². The lowest BCUT2D eigenvalue weighted by molar-refractivity contribution is 0.0631. The summed E-state index contributed by atoms with van der Waals surface area (Å²) >= 11 is 3.48. The number of rotatable bonds is 6. The molecule has 2 aromatic rings. The van der Waals surface area contributed by atoms with E-state index in [0.29, 0.717) is 11.3 Å². The molecular formula is C19H25BrN4O2. The zero-order valence-corrected chi connectivity index (χ0v) is 16.9. The van der Waals surface area contributed by atoms with Gasteiger partial charge >= 0.3 is 0 Å². The molecule has 1 aliphatic rings. The predicted molar refractivity (Wildman–Crippen MR) is 105 cm³/mol. The Hall–Kier alpha value is -1.86. The molecule has 1 aliphatic heterocycles. The minimum atomic E-state index is 0.0540. The van der Waals surface area contributed by atoms with Crippen LogP contribution in [0.5, 0.6) is 5.75 Å². The lowest BCUT2D eigenvalue weighted by Crippen LogP contribution is -2.49. The van der Waals surface area contributed by atoms with Gasteiger partial charge in [-0.1, -0.05) is 6.92 Å². The van der Waals surface area contributed by atoms with E-state index in [0.717, 1.165) is 56.0 Å². The van der Waals surface area contributed by atoms with E-state index in [9.17, 15) is 4.79 Å². The van der Waals surface area contributed by atoms with E-state index in [2.05, 4.69) is 37.3 Å². The first-order valence-corrected chi connectivity index (χ1v) is 9.77. The summed E-state index contributed by atoms with van der Waals surface area (Å²) in [4.78, 5) is 21.5. The fraction of sp³-hybridized carbons (Fsp3) is 0.474. The number of hydrogen-bond donors (Lipinski definition) is 0. The molecule has 26 heavy (non-hydrogen) atoms. The quantitative estimate of drug-likeness (QED) is 0.720. The molecule has 0 aliphatic carbocycles. The molecule has 3 rings (SSSR count). The van der Waals surface area contributed by atoms with Crippen LogP contribution in [0.2, 0.25) is 0 Å². The van der Waals surface area contributed by atoms with Gasteiger partial charge in [-0.25, -0.2) is 4.98 Å². The van der Waals surface area contributed by atoms with Crippen molar-refractivity contribution in [2.75, 3.05) is 39.8 Å². The fourth-order valence-electron chi connectivity index (χ4n) is 3.25. The molecule has 0 unspecified atom stereocenters. The second kappa shape index (κ2) is 8.68. The fourth-order valence-corrected chi connectivity index (χ4v) is 3.66. The molecule has 0 spiro atoms. The molecular weight excluding hydrogens is 396 g/mol. The Labute approximate surface area is 162 Å². The van der Waals surface area contributed by atoms with Crippen molar-refractivity contribution < 1.29 is 9.53 Å². The zero-order valence-electron chi connectivity index (χ0n) is 15.3. The molecule has 0 atom stereocenters. The van der Waals surface area contributed by atoms with E-state index >= 15 is 0 Å². The molecule has 1 aromatic carbocycles. The van der Waals surface area contributed by atoms with E-state index in [-0.39, 0.29) is 5.91 Å². The maximum Gasteiger partial charge on any atom is 0.255 e. The Morgan fingerprint density at radius 2 is 2.00 bits per heavy atom. The number of aryl methyl sites for hydroxylation is 1. The van der Waals surface area contributed by atoms with Gasteiger partial charge in [-0.05, 0) is 34.1 Å². The van der Waals surface area contributed by atoms with Crippen molar-refractivity contribution in [3.8, 4) is 5.75 Å². The largest absolute Gasteiger partial charge is 0.497 e. The molecule has 0 N–H and O–H groups in total. The average Bonchev–Trinajstić information content (AvgIpc) is 3.14. The van der Waals surface area contributed by atoms with Crippen LogP contribution < -0.4 is 4.74 Å². The van der Waals surface area contributed by atoms with Crippen LogP contribution in [0, 0.1) is 0 Å². The number of methoxy groups -OCH3 is 1. The molecule has 7 heteroatoms. The first-order chi connectivity index (χ1) is 12.6. The van der Waals surface area contributed by atoms with Gasteiger partial charge in [-0.15, -0.1) is 0 Å². The van der Waals surface area contributed by atoms with Gasteiger partial charge in [-0.3, -0.25) is 9.69 Å². The third kappa shape index (κ3) is 4.27. The second-order valence-electron chi connectivity index (χ2n) is 6.37. The third-order valence-electron chi connectivity index (χ3n) is 4.84. The van der Waals surface area contributed by atoms with Gasteiger partial charge in [0.1, 0.15) is 11.6 Å². The topological polar surface area (TPSA) is 50.6 Å². The SMILES string of the molecule is CCc1nccn1CCN1CCN(C(=O)c2cc(OC)ccc2Br)CC1. The zero-order chi connectivity index (χ0) is 18.5. The lowest BCUT2D eigenvalue weighted by Gasteiger charge is -2.35. The van der Waals surface area contributed by atoms with Crippen molar-refractivity contribution in [3.63, 3.8) is 0 Å². The number of halogens is 1. The lowest BCUT2D eigenvalue weighted by atomic mass is 10.1. The van der Waals surface area contributed by atoms with Crippen molar-refractivity contribution >= 4 is 21.8 Å². The second-order valence-corrected chi connectivity index (χ2v) is 7.22. The average molecular weight is 421 g/mol. The molecule has 2 heterocycles. The number of aromatic nitrogens is 2. The summed E-state index contributed by atoms with van der Waals surface area (Å²) in [5.41, 5.74) is 0.656. The molecule has 6 nitrogen and oxygen atoms in total. The van der Waals surface area contributed by atoms with Gasteiger partial charge in [0.25, 0.3) is 5.91 Å². The van der Waals surface area contributed by atoms with Crippen molar-refractivity contribution in [2.45, 2.75) is 19.9 Å². The van der Waals surface area contributed by atoms with E-state index in [1.165, 1.54) is 0 Å². The highest BCUT2D eigenvalue weighted by atomic mass is 79.9. The molecule has 1 saturated heterocycles. The Kier molecular flexibility index (Phi) is 6.32. The van der Waals surface area contributed by atoms with Gasteiger partial charge in [0, 0.05) is 62.6 Å². The van der Waals surface area contributed by atoms with E-state index in [1.807, 2.05) is 29.4 Å². The standard InChI is InChI=1S/C19H25BrN4O2/c1-3-18-21-6-7-23(18)11-8-22-9-12-24(13-10-22)19(25)16-14-15(26-2)4-5-17(16)20/h4-7,14H,3,8-13H2,1-2H3. The summed E-state index contributed by atoms with van der Waals surface area (Å²) in [6.07, 6.45) is 4.85. The van der Waals surface area contributed by atoms with Crippen LogP contribution in [0.1, 0.15) is 23.1 Å². The number of carbonyl (C=O) groups excluding carboxylic acids is 1. The number of carbonyl (C=O) groups is 1. The van der Waals surface area contributed by atoms with E-state index in [4.69, 9.17) is 4.74 Å². The van der Waals surface area contributed by atoms with E-state index in [1.54, 1.807) is 13.2 Å². The number of benzene rings is 1. The molecule has 140 valence electrons. The van der Waals surface area contributed by atoms with Gasteiger partial charge < -0.3 is 14.2 Å². The minimum absolute atomic E-state index is 0.0540. The van der Waals surface area contributed by atoms with Crippen molar-refractivity contribution in [3.05, 3.63) is 46.5 Å². The summed E-state index contributed by atoms with van der Waals surface area (Å²) in [6, 6.07) is 5.50. The van der Waals surface area contributed by atoms with Crippen LogP contribution in [0.25, 0.3) is 0 Å². The summed E-state index contributed by atoms with van der Waals surface area (Å²) in [7, 11) is 1.61. The Balaban J connectivity index is 1.54. The summed E-state index contributed by atoms with van der Waals surface area (Å²) in [5.74, 6) is 1.88. The van der Waals surface area contributed by atoms with Crippen molar-refractivity contribution in [1.82, 2.24) is 19.4 Å². The molecule has 0 radical (unpaired) electrons. The van der Waals surface area contributed by atoms with Crippen LogP contribution in [0.3, 0.4) is 0 Å². The van der Waals surface area contributed by atoms with Crippen molar-refractivity contribution in [2.24, 2.45) is 0 Å². The van der Waals surface area contributed by atoms with Gasteiger partial charge in [0.15, 0.2) is 0 Å². The molecule has 0 bridgehead atoms. The summed E-state index contributed by atoms with van der Waals surface area (Å²) < 4.78 is 8.26. The molecule has 1 fully saturated rings. The number of hydrogen-bond acceptors (Lipinski definition) is 4. The summed E-state index contributed by atoms with van der Waals surface area (Å²) in [5, 5.41) is 0. The first-order valence-electron chi connectivity index (χ1n) is 8.97. The van der Waals surface area contributed by atoms with Crippen LogP contribution in [-0.4, -0.2) is 65.1 Å². The van der Waals surface area contributed by atoms with Crippen LogP contribution in [0.4, 0.5) is 0 Å². The van der Waals surface area contributed by atoms with Gasteiger partial charge in [-0.2, -0.15) is 0 Å². The maximum atomic E-state index is 12.8. The molecule has 1 amide bonds. The van der Waals surface area contributed by atoms with E-state index < -0.39 is 0 Å². The highest BCUT2D eigenvalue weighted by Crippen LogP contribution is 2.24. The number of amides is 1. The minimum Gasteiger partial charge on any atom is -0.497 e. The smallest absolute Gasteiger partial charge is 0.255 e. The number of piperazine rings is 1. The Bertz CT molecular complexity index is 754. The number of nitrogens with zero attached hydrogens (tertiary/aromatic N) is 4. The highest BCUT2D eigenvalue weighted by Gasteiger charge is 2.23. The summed E-state index contributed by atoms with van der Waals surface area (Å²) in [6.45, 7) is 7.32. The third-order valence-corrected chi connectivity index (χ3v) is 5.53. The van der Waals surface area contributed by atoms with Crippen LogP contribution >= 0.6 is 15.9 Å². The molecule has 1 aromatic heterocycles. The Morgan fingerprint density at radius 3 is 2.69 bits per heavy atom.